The molecular formula is C15H21N3O3. The van der Waals surface area contributed by atoms with Gasteiger partial charge in [0.1, 0.15) is 0 Å². The summed E-state index contributed by atoms with van der Waals surface area (Å²) in [6.45, 7) is 0.619. The van der Waals surface area contributed by atoms with E-state index in [-0.39, 0.29) is 12.5 Å². The van der Waals surface area contributed by atoms with Gasteiger partial charge in [-0.1, -0.05) is 25.0 Å². The van der Waals surface area contributed by atoms with Gasteiger partial charge in [0.2, 0.25) is 0 Å². The van der Waals surface area contributed by atoms with E-state index in [0.717, 1.165) is 31.2 Å². The lowest BCUT2D eigenvalue weighted by Gasteiger charge is -2.22. The van der Waals surface area contributed by atoms with Gasteiger partial charge in [0, 0.05) is 18.7 Å². The second kappa shape index (κ2) is 6.58. The third-order valence-corrected chi connectivity index (χ3v) is 3.80. The molecule has 0 spiro atoms. The van der Waals surface area contributed by atoms with Crippen molar-refractivity contribution in [1.82, 2.24) is 10.6 Å². The monoisotopic (exact) mass is 291 g/mol. The molecule has 1 aromatic rings. The van der Waals surface area contributed by atoms with E-state index >= 15 is 0 Å². The summed E-state index contributed by atoms with van der Waals surface area (Å²) in [7, 11) is 0. The maximum atomic E-state index is 12.0. The zero-order chi connectivity index (χ0) is 15.3. The summed E-state index contributed by atoms with van der Waals surface area (Å²) in [5.74, 6) is -0.204. The lowest BCUT2D eigenvalue weighted by atomic mass is 10.0. The van der Waals surface area contributed by atoms with E-state index < -0.39 is 11.6 Å². The topological polar surface area (TPSA) is 104 Å². The molecule has 1 saturated carbocycles. The first-order chi connectivity index (χ1) is 9.98. The van der Waals surface area contributed by atoms with Gasteiger partial charge in [-0.2, -0.15) is 0 Å². The Morgan fingerprint density at radius 3 is 2.33 bits per heavy atom. The molecule has 0 unspecified atom stereocenters. The standard InChI is InChI=1S/C15H21N3O3/c16-14(20)17-9-11-3-5-12(6-4-11)13(19)18-10-15(21)7-1-2-8-15/h3-6,21H,1-2,7-10H2,(H,18,19)(H3,16,17,20). The molecule has 1 aliphatic rings. The van der Waals surface area contributed by atoms with Crippen molar-refractivity contribution in [3.8, 4) is 0 Å². The van der Waals surface area contributed by atoms with Crippen LogP contribution >= 0.6 is 0 Å². The molecule has 3 amide bonds. The first kappa shape index (κ1) is 15.3. The van der Waals surface area contributed by atoms with E-state index in [1.807, 2.05) is 0 Å². The molecule has 0 aromatic heterocycles. The van der Waals surface area contributed by atoms with Crippen molar-refractivity contribution < 1.29 is 14.7 Å². The van der Waals surface area contributed by atoms with Gasteiger partial charge in [-0.3, -0.25) is 4.79 Å². The molecule has 1 fully saturated rings. The second-order valence-corrected chi connectivity index (χ2v) is 5.53. The van der Waals surface area contributed by atoms with Crippen LogP contribution in [0.25, 0.3) is 0 Å². The summed E-state index contributed by atoms with van der Waals surface area (Å²) in [5.41, 5.74) is 5.63. The maximum absolute atomic E-state index is 12.0. The van der Waals surface area contributed by atoms with Crippen LogP contribution < -0.4 is 16.4 Å². The Balaban J connectivity index is 1.86. The van der Waals surface area contributed by atoms with Crippen LogP contribution in [0.3, 0.4) is 0 Å². The number of nitrogens with one attached hydrogen (secondary N) is 2. The fourth-order valence-electron chi connectivity index (χ4n) is 2.52. The fraction of sp³-hybridized carbons (Fsp3) is 0.467. The van der Waals surface area contributed by atoms with Crippen LogP contribution in [-0.4, -0.2) is 29.2 Å². The molecule has 0 saturated heterocycles. The average molecular weight is 291 g/mol. The first-order valence-corrected chi connectivity index (χ1v) is 7.11. The lowest BCUT2D eigenvalue weighted by molar-refractivity contribution is 0.0449. The Morgan fingerprint density at radius 2 is 1.76 bits per heavy atom. The molecule has 6 nitrogen and oxygen atoms in total. The Kier molecular flexibility index (Phi) is 4.80. The van der Waals surface area contributed by atoms with Crippen molar-refractivity contribution in [3.63, 3.8) is 0 Å². The summed E-state index contributed by atoms with van der Waals surface area (Å²) in [4.78, 5) is 22.6. The van der Waals surface area contributed by atoms with E-state index in [2.05, 4.69) is 10.6 Å². The Bertz CT molecular complexity index is 507. The predicted molar refractivity (Wildman–Crippen MR) is 78.6 cm³/mol. The van der Waals surface area contributed by atoms with Crippen LogP contribution in [-0.2, 0) is 6.54 Å². The molecule has 0 heterocycles. The molecule has 1 aliphatic carbocycles. The van der Waals surface area contributed by atoms with Crippen molar-refractivity contribution in [3.05, 3.63) is 35.4 Å². The number of nitrogens with two attached hydrogens (primary N) is 1. The lowest BCUT2D eigenvalue weighted by Crippen LogP contribution is -2.40. The molecule has 21 heavy (non-hydrogen) atoms. The van der Waals surface area contributed by atoms with Crippen LogP contribution in [0.4, 0.5) is 4.79 Å². The van der Waals surface area contributed by atoms with Crippen LogP contribution in [0.15, 0.2) is 24.3 Å². The molecular weight excluding hydrogens is 270 g/mol. The Morgan fingerprint density at radius 1 is 1.14 bits per heavy atom. The number of amides is 3. The molecule has 5 N–H and O–H groups in total. The molecule has 0 aliphatic heterocycles. The van der Waals surface area contributed by atoms with Gasteiger partial charge in [0.25, 0.3) is 5.91 Å². The molecule has 0 bridgehead atoms. The Hall–Kier alpha value is -2.08. The van der Waals surface area contributed by atoms with Gasteiger partial charge in [0.15, 0.2) is 0 Å². The summed E-state index contributed by atoms with van der Waals surface area (Å²) < 4.78 is 0. The van der Waals surface area contributed by atoms with Gasteiger partial charge in [-0.25, -0.2) is 4.79 Å². The van der Waals surface area contributed by atoms with Crippen molar-refractivity contribution in [1.29, 1.82) is 0 Å². The van der Waals surface area contributed by atoms with Crippen LogP contribution in [0.5, 0.6) is 0 Å². The van der Waals surface area contributed by atoms with Gasteiger partial charge >= 0.3 is 6.03 Å². The number of carbonyl (C=O) groups is 2. The second-order valence-electron chi connectivity index (χ2n) is 5.53. The normalized spacial score (nSPS) is 16.4. The highest BCUT2D eigenvalue weighted by molar-refractivity contribution is 5.94. The summed E-state index contributed by atoms with van der Waals surface area (Å²) in [6, 6.07) is 6.31. The Labute approximate surface area is 123 Å². The SMILES string of the molecule is NC(=O)NCc1ccc(C(=O)NCC2(O)CCCC2)cc1. The summed E-state index contributed by atoms with van der Waals surface area (Å²) in [6.07, 6.45) is 3.50. The molecule has 1 aromatic carbocycles. The smallest absolute Gasteiger partial charge is 0.312 e. The number of hydrogen-bond acceptors (Lipinski definition) is 3. The van der Waals surface area contributed by atoms with Gasteiger partial charge in [-0.05, 0) is 30.5 Å². The average Bonchev–Trinajstić information content (AvgIpc) is 2.90. The van der Waals surface area contributed by atoms with Crippen molar-refractivity contribution in [2.75, 3.05) is 6.54 Å². The number of carbonyl (C=O) groups excluding carboxylic acids is 2. The predicted octanol–water partition coefficient (Wildman–Crippen LogP) is 0.890. The zero-order valence-corrected chi connectivity index (χ0v) is 11.9. The van der Waals surface area contributed by atoms with Gasteiger partial charge in [0.05, 0.1) is 5.60 Å². The molecule has 0 atom stereocenters. The number of hydrogen-bond donors (Lipinski definition) is 4. The maximum Gasteiger partial charge on any atom is 0.312 e. The van der Waals surface area contributed by atoms with Gasteiger partial charge < -0.3 is 21.5 Å². The fourth-order valence-corrected chi connectivity index (χ4v) is 2.52. The number of benzene rings is 1. The molecule has 114 valence electrons. The minimum atomic E-state index is -0.749. The van der Waals surface area contributed by atoms with Crippen molar-refractivity contribution in [2.24, 2.45) is 5.73 Å². The number of aliphatic hydroxyl groups is 1. The van der Waals surface area contributed by atoms with Crippen LogP contribution in [0.1, 0.15) is 41.6 Å². The largest absolute Gasteiger partial charge is 0.388 e. The third-order valence-electron chi connectivity index (χ3n) is 3.80. The number of urea groups is 1. The molecule has 0 radical (unpaired) electrons. The summed E-state index contributed by atoms with van der Waals surface area (Å²) >= 11 is 0. The van der Waals surface area contributed by atoms with Gasteiger partial charge in [-0.15, -0.1) is 0 Å². The van der Waals surface area contributed by atoms with E-state index in [1.54, 1.807) is 24.3 Å². The quantitative estimate of drug-likeness (QED) is 0.647. The molecule has 2 rings (SSSR count). The first-order valence-electron chi connectivity index (χ1n) is 7.11. The minimum absolute atomic E-state index is 0.204. The zero-order valence-electron chi connectivity index (χ0n) is 11.9. The van der Waals surface area contributed by atoms with E-state index in [0.29, 0.717) is 12.1 Å². The van der Waals surface area contributed by atoms with E-state index in [9.17, 15) is 14.7 Å². The molecule has 6 heteroatoms. The number of rotatable bonds is 5. The third kappa shape index (κ3) is 4.46. The van der Waals surface area contributed by atoms with Crippen molar-refractivity contribution >= 4 is 11.9 Å². The van der Waals surface area contributed by atoms with Crippen LogP contribution in [0, 0.1) is 0 Å². The summed E-state index contributed by atoms with van der Waals surface area (Å²) in [5, 5.41) is 15.4. The highest BCUT2D eigenvalue weighted by atomic mass is 16.3. The van der Waals surface area contributed by atoms with E-state index in [1.165, 1.54) is 0 Å². The highest BCUT2D eigenvalue weighted by Crippen LogP contribution is 2.28. The minimum Gasteiger partial charge on any atom is -0.388 e. The number of primary amides is 1. The van der Waals surface area contributed by atoms with E-state index in [4.69, 9.17) is 5.73 Å². The van der Waals surface area contributed by atoms with Crippen molar-refractivity contribution in [2.45, 2.75) is 37.8 Å². The highest BCUT2D eigenvalue weighted by Gasteiger charge is 2.31. The van der Waals surface area contributed by atoms with Crippen LogP contribution in [0.2, 0.25) is 0 Å².